The first-order valence-corrected chi connectivity index (χ1v) is 8.00. The lowest BCUT2D eigenvalue weighted by Crippen LogP contribution is -2.41. The predicted molar refractivity (Wildman–Crippen MR) is 102 cm³/mol. The molecule has 1 atom stereocenters. The molecule has 23 heavy (non-hydrogen) atoms. The van der Waals surface area contributed by atoms with E-state index in [9.17, 15) is 4.79 Å². The van der Waals surface area contributed by atoms with Crippen molar-refractivity contribution in [2.45, 2.75) is 26.3 Å². The van der Waals surface area contributed by atoms with Crippen molar-refractivity contribution in [1.29, 1.82) is 0 Å². The molecule has 1 aromatic carbocycles. The van der Waals surface area contributed by atoms with Crippen LogP contribution in [0, 0.1) is 5.92 Å². The van der Waals surface area contributed by atoms with Gasteiger partial charge in [0.25, 0.3) is 5.91 Å². The summed E-state index contributed by atoms with van der Waals surface area (Å²) in [7, 11) is 0. The van der Waals surface area contributed by atoms with Crippen LogP contribution in [0.3, 0.4) is 0 Å². The molecule has 2 aromatic rings. The average Bonchev–Trinajstić information content (AvgIpc) is 2.97. The molecule has 0 spiro atoms. The van der Waals surface area contributed by atoms with E-state index in [1.165, 1.54) is 11.3 Å². The highest BCUT2D eigenvalue weighted by molar-refractivity contribution is 7.13. The van der Waals surface area contributed by atoms with Gasteiger partial charge in [-0.15, -0.1) is 36.2 Å². The van der Waals surface area contributed by atoms with E-state index in [4.69, 9.17) is 5.73 Å². The number of nitrogens with one attached hydrogen (secondary N) is 1. The Morgan fingerprint density at radius 1 is 1.26 bits per heavy atom. The number of aromatic nitrogens is 1. The molecule has 1 heterocycles. The zero-order valence-electron chi connectivity index (χ0n) is 13.2. The molecule has 4 nitrogen and oxygen atoms in total. The summed E-state index contributed by atoms with van der Waals surface area (Å²) in [5.74, 6) is 0.346. The number of amides is 1. The van der Waals surface area contributed by atoms with Gasteiger partial charge in [-0.05, 0) is 12.3 Å². The molecule has 0 aliphatic rings. The van der Waals surface area contributed by atoms with Crippen LogP contribution in [0.25, 0.3) is 10.6 Å². The Morgan fingerprint density at radius 3 is 2.48 bits per heavy atom. The first-order valence-electron chi connectivity index (χ1n) is 7.12. The standard InChI is InChI=1S/C16H21N3OS.2ClH/c1-11(2)8-13(9-17)18-15(20)14-10-21-16(19-14)12-6-4-3-5-7-12;;/h3-7,10-11,13H,8-9,17H2,1-2H3,(H,18,20);2*1H. The topological polar surface area (TPSA) is 68.0 Å². The summed E-state index contributed by atoms with van der Waals surface area (Å²) >= 11 is 1.48. The highest BCUT2D eigenvalue weighted by Crippen LogP contribution is 2.23. The summed E-state index contributed by atoms with van der Waals surface area (Å²) < 4.78 is 0. The number of thiazole rings is 1. The lowest BCUT2D eigenvalue weighted by Gasteiger charge is -2.18. The lowest BCUT2D eigenvalue weighted by atomic mass is 10.0. The zero-order chi connectivity index (χ0) is 15.2. The van der Waals surface area contributed by atoms with Crippen LogP contribution < -0.4 is 11.1 Å². The highest BCUT2D eigenvalue weighted by atomic mass is 35.5. The van der Waals surface area contributed by atoms with Crippen LogP contribution in [0.5, 0.6) is 0 Å². The number of benzene rings is 1. The average molecular weight is 376 g/mol. The van der Waals surface area contributed by atoms with Crippen molar-refractivity contribution >= 4 is 42.1 Å². The molecule has 128 valence electrons. The van der Waals surface area contributed by atoms with Crippen molar-refractivity contribution in [3.8, 4) is 10.6 Å². The number of halogens is 2. The zero-order valence-corrected chi connectivity index (χ0v) is 15.6. The molecule has 2 rings (SSSR count). The molecule has 1 amide bonds. The van der Waals surface area contributed by atoms with Gasteiger partial charge in [0.1, 0.15) is 10.7 Å². The van der Waals surface area contributed by atoms with E-state index in [0.717, 1.165) is 17.0 Å². The molecule has 0 saturated heterocycles. The van der Waals surface area contributed by atoms with Gasteiger partial charge in [-0.2, -0.15) is 0 Å². The minimum absolute atomic E-state index is 0. The fraction of sp³-hybridized carbons (Fsp3) is 0.375. The number of hydrogen-bond acceptors (Lipinski definition) is 4. The van der Waals surface area contributed by atoms with Gasteiger partial charge < -0.3 is 11.1 Å². The van der Waals surface area contributed by atoms with Gasteiger partial charge >= 0.3 is 0 Å². The summed E-state index contributed by atoms with van der Waals surface area (Å²) in [5, 5.41) is 5.61. The first kappa shape index (κ1) is 21.9. The monoisotopic (exact) mass is 375 g/mol. The number of rotatable bonds is 6. The van der Waals surface area contributed by atoms with E-state index >= 15 is 0 Å². The molecule has 1 unspecified atom stereocenters. The molecule has 0 bridgehead atoms. The van der Waals surface area contributed by atoms with Crippen LogP contribution in [0.1, 0.15) is 30.8 Å². The third-order valence-electron chi connectivity index (χ3n) is 3.13. The summed E-state index contributed by atoms with van der Waals surface area (Å²) in [6.07, 6.45) is 0.873. The van der Waals surface area contributed by atoms with E-state index < -0.39 is 0 Å². The number of nitrogens with two attached hydrogens (primary N) is 1. The normalized spacial score (nSPS) is 11.3. The van der Waals surface area contributed by atoms with Crippen LogP contribution in [0.15, 0.2) is 35.7 Å². The molecule has 7 heteroatoms. The van der Waals surface area contributed by atoms with E-state index in [1.807, 2.05) is 30.3 Å². The summed E-state index contributed by atoms with van der Waals surface area (Å²) in [6.45, 7) is 4.68. The van der Waals surface area contributed by atoms with Crippen LogP contribution in [-0.4, -0.2) is 23.5 Å². The van der Waals surface area contributed by atoms with E-state index in [2.05, 4.69) is 24.1 Å². The Hall–Kier alpha value is -1.14. The van der Waals surface area contributed by atoms with E-state index in [-0.39, 0.29) is 36.8 Å². The quantitative estimate of drug-likeness (QED) is 0.807. The summed E-state index contributed by atoms with van der Waals surface area (Å²) in [5.41, 5.74) is 7.20. The van der Waals surface area contributed by atoms with E-state index in [1.54, 1.807) is 5.38 Å². The van der Waals surface area contributed by atoms with Crippen molar-refractivity contribution < 1.29 is 4.79 Å². The van der Waals surface area contributed by atoms with Crippen molar-refractivity contribution in [1.82, 2.24) is 10.3 Å². The van der Waals surface area contributed by atoms with Gasteiger partial charge in [0.15, 0.2) is 0 Å². The van der Waals surface area contributed by atoms with Crippen molar-refractivity contribution in [3.63, 3.8) is 0 Å². The molecular weight excluding hydrogens is 353 g/mol. The molecule has 0 aliphatic carbocycles. The number of nitrogens with zero attached hydrogens (tertiary/aromatic N) is 1. The molecule has 1 aromatic heterocycles. The molecule has 0 radical (unpaired) electrons. The third-order valence-corrected chi connectivity index (χ3v) is 4.02. The van der Waals surface area contributed by atoms with Crippen molar-refractivity contribution in [2.75, 3.05) is 6.54 Å². The van der Waals surface area contributed by atoms with Crippen LogP contribution in [0.2, 0.25) is 0 Å². The highest BCUT2D eigenvalue weighted by Gasteiger charge is 2.16. The number of hydrogen-bond donors (Lipinski definition) is 2. The number of carbonyl (C=O) groups excluding carboxylic acids is 1. The fourth-order valence-corrected chi connectivity index (χ4v) is 2.94. The van der Waals surface area contributed by atoms with Crippen LogP contribution in [-0.2, 0) is 0 Å². The summed E-state index contributed by atoms with van der Waals surface area (Å²) in [4.78, 5) is 16.6. The fourth-order valence-electron chi connectivity index (χ4n) is 2.13. The minimum Gasteiger partial charge on any atom is -0.347 e. The maximum Gasteiger partial charge on any atom is 0.271 e. The van der Waals surface area contributed by atoms with E-state index in [0.29, 0.717) is 18.2 Å². The third kappa shape index (κ3) is 6.47. The Kier molecular flexibility index (Phi) is 10.1. The van der Waals surface area contributed by atoms with Gasteiger partial charge in [-0.1, -0.05) is 44.2 Å². The maximum absolute atomic E-state index is 12.2. The Bertz CT molecular complexity index is 590. The smallest absolute Gasteiger partial charge is 0.271 e. The first-order chi connectivity index (χ1) is 10.1. The van der Waals surface area contributed by atoms with Gasteiger partial charge in [0.05, 0.1) is 0 Å². The van der Waals surface area contributed by atoms with Gasteiger partial charge in [0, 0.05) is 23.5 Å². The van der Waals surface area contributed by atoms with Gasteiger partial charge in [-0.25, -0.2) is 4.98 Å². The van der Waals surface area contributed by atoms with Crippen LogP contribution in [0.4, 0.5) is 0 Å². The second-order valence-electron chi connectivity index (χ2n) is 5.44. The SMILES string of the molecule is CC(C)CC(CN)NC(=O)c1csc(-c2ccccc2)n1.Cl.Cl. The Labute approximate surface area is 153 Å². The maximum atomic E-state index is 12.2. The van der Waals surface area contributed by atoms with Crippen molar-refractivity contribution in [2.24, 2.45) is 11.7 Å². The summed E-state index contributed by atoms with van der Waals surface area (Å²) in [6, 6.07) is 9.86. The second-order valence-corrected chi connectivity index (χ2v) is 6.30. The predicted octanol–water partition coefficient (Wildman–Crippen LogP) is 3.76. The minimum atomic E-state index is -0.149. The van der Waals surface area contributed by atoms with Crippen molar-refractivity contribution in [3.05, 3.63) is 41.4 Å². The Balaban J connectivity index is 0.00000242. The molecule has 3 N–H and O–H groups in total. The van der Waals surface area contributed by atoms with Gasteiger partial charge in [0.2, 0.25) is 0 Å². The second kappa shape index (κ2) is 10.6. The lowest BCUT2D eigenvalue weighted by molar-refractivity contribution is 0.0929. The molecule has 0 saturated carbocycles. The molecule has 0 aliphatic heterocycles. The van der Waals surface area contributed by atoms with Gasteiger partial charge in [-0.3, -0.25) is 4.79 Å². The molecule has 0 fully saturated rings. The van der Waals surface area contributed by atoms with Crippen LogP contribution >= 0.6 is 36.2 Å². The largest absolute Gasteiger partial charge is 0.347 e. The number of carbonyl (C=O) groups is 1. The molecular formula is C16H23Cl2N3OS. The Morgan fingerprint density at radius 2 is 1.91 bits per heavy atom.